The highest BCUT2D eigenvalue weighted by atomic mass is 15.1. The van der Waals surface area contributed by atoms with Crippen LogP contribution in [0.25, 0.3) is 104 Å². The lowest BCUT2D eigenvalue weighted by molar-refractivity contribution is 1.18. The van der Waals surface area contributed by atoms with Gasteiger partial charge < -0.3 is 9.47 Å². The van der Waals surface area contributed by atoms with Crippen molar-refractivity contribution in [2.45, 2.75) is 0 Å². The van der Waals surface area contributed by atoms with Gasteiger partial charge in [0.15, 0.2) is 0 Å². The molecular formula is C66H44N2. The van der Waals surface area contributed by atoms with E-state index in [9.17, 15) is 0 Å². The van der Waals surface area contributed by atoms with Crippen LogP contribution in [0.5, 0.6) is 0 Å². The average molecular weight is 865 g/mol. The molecule has 0 aliphatic carbocycles. The van der Waals surface area contributed by atoms with Crippen LogP contribution in [0.1, 0.15) is 0 Å². The van der Waals surface area contributed by atoms with E-state index in [0.717, 1.165) is 33.9 Å². The van der Waals surface area contributed by atoms with E-state index in [4.69, 9.17) is 0 Å². The Morgan fingerprint density at radius 1 is 0.265 bits per heavy atom. The Bertz CT molecular complexity index is 3990. The summed E-state index contributed by atoms with van der Waals surface area (Å²) >= 11 is 0. The first kappa shape index (κ1) is 39.4. The molecule has 0 aliphatic rings. The zero-order chi connectivity index (χ0) is 45.0. The molecule has 0 saturated carbocycles. The Labute approximate surface area is 395 Å². The van der Waals surface area contributed by atoms with Gasteiger partial charge in [-0.3, -0.25) is 0 Å². The Kier molecular flexibility index (Phi) is 9.54. The number of rotatable bonds is 8. The van der Waals surface area contributed by atoms with E-state index in [1.54, 1.807) is 0 Å². The lowest BCUT2D eigenvalue weighted by Gasteiger charge is -2.29. The first-order valence-electron chi connectivity index (χ1n) is 23.4. The zero-order valence-corrected chi connectivity index (χ0v) is 37.3. The molecule has 0 amide bonds. The van der Waals surface area contributed by atoms with Crippen LogP contribution in [0.15, 0.2) is 267 Å². The maximum atomic E-state index is 2.43. The van der Waals surface area contributed by atoms with Crippen LogP contribution in [0.2, 0.25) is 0 Å². The van der Waals surface area contributed by atoms with Gasteiger partial charge in [-0.05, 0) is 126 Å². The minimum atomic E-state index is 1.08. The van der Waals surface area contributed by atoms with Crippen LogP contribution in [-0.2, 0) is 0 Å². The highest BCUT2D eigenvalue weighted by molar-refractivity contribution is 6.13. The third-order valence-electron chi connectivity index (χ3n) is 13.8. The molecule has 318 valence electrons. The van der Waals surface area contributed by atoms with Crippen LogP contribution in [-0.4, -0.2) is 4.57 Å². The second-order valence-corrected chi connectivity index (χ2v) is 17.6. The molecule has 0 radical (unpaired) electrons. The number of hydrogen-bond donors (Lipinski definition) is 0. The van der Waals surface area contributed by atoms with Gasteiger partial charge in [-0.15, -0.1) is 0 Å². The van der Waals surface area contributed by atoms with Crippen molar-refractivity contribution in [1.29, 1.82) is 0 Å². The van der Waals surface area contributed by atoms with Crippen LogP contribution >= 0.6 is 0 Å². The first-order chi connectivity index (χ1) is 33.7. The number of nitrogens with zero attached hydrogens (tertiary/aromatic N) is 2. The fraction of sp³-hybridized carbons (Fsp3) is 0. The number of aromatic nitrogens is 1. The molecule has 0 fully saturated rings. The van der Waals surface area contributed by atoms with Crippen molar-refractivity contribution in [2.24, 2.45) is 0 Å². The molecule has 1 aromatic heterocycles. The standard InChI is InChI=1S/C66H44N2/c1-3-16-46(17-4-1)56-27-13-19-49-20-14-29-62(66(49)56)60-25-10-11-30-63(60)67(53-40-34-48(35-41-53)55-26-15-28-57-54-23-8-7-18-47(54)36-42-58(55)57)52-38-32-45(33-39-52)50-37-43-61-59-24-9-12-31-64(59)68(65(61)44-50)51-21-5-2-6-22-51/h1-44H. The van der Waals surface area contributed by atoms with Crippen molar-refractivity contribution in [1.82, 2.24) is 4.57 Å². The molecule has 2 heteroatoms. The molecular weight excluding hydrogens is 821 g/mol. The highest BCUT2D eigenvalue weighted by Crippen LogP contribution is 2.46. The van der Waals surface area contributed by atoms with Gasteiger partial charge in [-0.1, -0.05) is 212 Å². The van der Waals surface area contributed by atoms with Crippen molar-refractivity contribution in [2.75, 3.05) is 4.90 Å². The number of anilines is 3. The van der Waals surface area contributed by atoms with Gasteiger partial charge in [-0.2, -0.15) is 0 Å². The second kappa shape index (κ2) is 16.5. The largest absolute Gasteiger partial charge is 0.310 e. The molecule has 0 unspecified atom stereocenters. The van der Waals surface area contributed by atoms with E-state index in [0.29, 0.717) is 0 Å². The molecule has 0 bridgehead atoms. The SMILES string of the molecule is c1ccc(-c2cccc3cccc(-c4ccccc4N(c4ccc(-c5ccc6c7ccccc7n(-c7ccccc7)c6c5)cc4)c4ccc(-c5cccc6c5ccc5ccccc56)cc4)c23)cc1. The van der Waals surface area contributed by atoms with Gasteiger partial charge in [0.05, 0.1) is 16.7 Å². The van der Waals surface area contributed by atoms with Crippen molar-refractivity contribution in [3.63, 3.8) is 0 Å². The molecule has 1 heterocycles. The van der Waals surface area contributed by atoms with Crippen molar-refractivity contribution < 1.29 is 0 Å². The number of para-hydroxylation sites is 3. The van der Waals surface area contributed by atoms with E-state index in [1.807, 2.05) is 0 Å². The normalized spacial score (nSPS) is 11.5. The first-order valence-corrected chi connectivity index (χ1v) is 23.4. The van der Waals surface area contributed by atoms with E-state index < -0.39 is 0 Å². The predicted octanol–water partition coefficient (Wildman–Crippen LogP) is 18.4. The summed E-state index contributed by atoms with van der Waals surface area (Å²) in [6.07, 6.45) is 0. The number of benzene rings is 12. The molecule has 0 spiro atoms. The van der Waals surface area contributed by atoms with Crippen LogP contribution < -0.4 is 4.90 Å². The molecule has 13 rings (SSSR count). The van der Waals surface area contributed by atoms with Crippen LogP contribution in [0.3, 0.4) is 0 Å². The fourth-order valence-electron chi connectivity index (χ4n) is 10.6. The molecule has 13 aromatic rings. The van der Waals surface area contributed by atoms with Gasteiger partial charge in [0, 0.05) is 33.4 Å². The fourth-order valence-corrected chi connectivity index (χ4v) is 10.6. The monoisotopic (exact) mass is 864 g/mol. The Hall–Kier alpha value is -8.98. The van der Waals surface area contributed by atoms with Crippen molar-refractivity contribution in [3.8, 4) is 50.2 Å². The lowest BCUT2D eigenvalue weighted by atomic mass is 9.90. The maximum Gasteiger partial charge on any atom is 0.0547 e. The molecule has 12 aromatic carbocycles. The summed E-state index contributed by atoms with van der Waals surface area (Å²) in [6.45, 7) is 0. The van der Waals surface area contributed by atoms with E-state index in [-0.39, 0.29) is 0 Å². The van der Waals surface area contributed by atoms with E-state index in [1.165, 1.54) is 87.5 Å². The molecule has 0 aliphatic heterocycles. The van der Waals surface area contributed by atoms with E-state index >= 15 is 0 Å². The summed E-state index contributed by atoms with van der Waals surface area (Å²) in [5.74, 6) is 0. The van der Waals surface area contributed by atoms with Gasteiger partial charge in [0.1, 0.15) is 0 Å². The third-order valence-corrected chi connectivity index (χ3v) is 13.8. The molecule has 2 nitrogen and oxygen atoms in total. The lowest BCUT2D eigenvalue weighted by Crippen LogP contribution is -2.11. The van der Waals surface area contributed by atoms with Gasteiger partial charge in [-0.25, -0.2) is 0 Å². The van der Waals surface area contributed by atoms with Gasteiger partial charge in [0.2, 0.25) is 0 Å². The highest BCUT2D eigenvalue weighted by Gasteiger charge is 2.21. The zero-order valence-electron chi connectivity index (χ0n) is 37.3. The molecule has 0 atom stereocenters. The summed E-state index contributed by atoms with van der Waals surface area (Å²) in [7, 11) is 0. The topological polar surface area (TPSA) is 8.17 Å². The van der Waals surface area contributed by atoms with Crippen LogP contribution in [0.4, 0.5) is 17.1 Å². The van der Waals surface area contributed by atoms with Crippen molar-refractivity contribution >= 4 is 71.2 Å². The minimum Gasteiger partial charge on any atom is -0.310 e. The van der Waals surface area contributed by atoms with E-state index in [2.05, 4.69) is 276 Å². The van der Waals surface area contributed by atoms with Gasteiger partial charge in [0.25, 0.3) is 0 Å². The summed E-state index contributed by atoms with van der Waals surface area (Å²) < 4.78 is 2.39. The van der Waals surface area contributed by atoms with Crippen LogP contribution in [0, 0.1) is 0 Å². The number of fused-ring (bicyclic) bond motifs is 7. The smallest absolute Gasteiger partial charge is 0.0547 e. The average Bonchev–Trinajstić information content (AvgIpc) is 3.75. The molecule has 0 N–H and O–H groups in total. The molecule has 68 heavy (non-hydrogen) atoms. The third kappa shape index (κ3) is 6.65. The number of hydrogen-bond acceptors (Lipinski definition) is 1. The minimum absolute atomic E-state index is 1.08. The maximum absolute atomic E-state index is 2.43. The summed E-state index contributed by atoms with van der Waals surface area (Å²) in [5, 5.41) is 10.0. The Morgan fingerprint density at radius 3 is 1.59 bits per heavy atom. The predicted molar refractivity (Wildman–Crippen MR) is 290 cm³/mol. The Morgan fingerprint density at radius 2 is 0.794 bits per heavy atom. The van der Waals surface area contributed by atoms with Crippen molar-refractivity contribution in [3.05, 3.63) is 267 Å². The second-order valence-electron chi connectivity index (χ2n) is 17.6. The Balaban J connectivity index is 0.966. The quantitative estimate of drug-likeness (QED) is 0.138. The summed E-state index contributed by atoms with van der Waals surface area (Å²) in [6, 6.07) is 97.5. The van der Waals surface area contributed by atoms with Gasteiger partial charge >= 0.3 is 0 Å². The summed E-state index contributed by atoms with van der Waals surface area (Å²) in [4.78, 5) is 2.43. The summed E-state index contributed by atoms with van der Waals surface area (Å²) in [5.41, 5.74) is 16.3. The molecule has 0 saturated heterocycles.